The number of ether oxygens (including phenoxy) is 2. The van der Waals surface area contributed by atoms with Crippen molar-refractivity contribution in [3.05, 3.63) is 59.7 Å². The van der Waals surface area contributed by atoms with Gasteiger partial charge in [-0.1, -0.05) is 36.4 Å². The fraction of sp³-hybridized carbons (Fsp3) is 0.458. The lowest BCUT2D eigenvalue weighted by Crippen LogP contribution is -2.44. The zero-order valence-electron chi connectivity index (χ0n) is 18.9. The van der Waals surface area contributed by atoms with Crippen molar-refractivity contribution < 1.29 is 9.47 Å². The zero-order valence-corrected chi connectivity index (χ0v) is 21.3. The molecule has 2 aromatic rings. The van der Waals surface area contributed by atoms with Gasteiger partial charge in [0.05, 0.1) is 25.5 Å². The lowest BCUT2D eigenvalue weighted by Gasteiger charge is -2.22. The Hall–Kier alpha value is -2.00. The highest BCUT2D eigenvalue weighted by Gasteiger charge is 2.25. The molecule has 0 amide bonds. The molecule has 2 N–H and O–H groups in total. The van der Waals surface area contributed by atoms with Crippen LogP contribution in [0.5, 0.6) is 5.75 Å². The summed E-state index contributed by atoms with van der Waals surface area (Å²) in [5.41, 5.74) is 3.55. The van der Waals surface area contributed by atoms with Gasteiger partial charge < -0.3 is 25.0 Å². The first kappa shape index (κ1) is 25.3. The SMILES string of the molecule is CN=C(NCc1cccc(COC(C)C)c1)NC1CCN(c2ccccc2OC)C1.I. The number of anilines is 1. The van der Waals surface area contributed by atoms with Crippen LogP contribution in [0, 0.1) is 0 Å². The third-order valence-electron chi connectivity index (χ3n) is 5.21. The molecule has 0 bridgehead atoms. The number of benzene rings is 2. The number of nitrogens with one attached hydrogen (secondary N) is 2. The van der Waals surface area contributed by atoms with E-state index in [0.717, 1.165) is 43.5 Å². The molecule has 6 nitrogen and oxygen atoms in total. The van der Waals surface area contributed by atoms with Gasteiger partial charge in [-0.25, -0.2) is 0 Å². The molecule has 0 radical (unpaired) electrons. The Morgan fingerprint density at radius 2 is 1.94 bits per heavy atom. The fourth-order valence-electron chi connectivity index (χ4n) is 3.65. The summed E-state index contributed by atoms with van der Waals surface area (Å²) in [5, 5.41) is 7.00. The zero-order chi connectivity index (χ0) is 21.3. The van der Waals surface area contributed by atoms with Crippen molar-refractivity contribution >= 4 is 35.6 Å². The van der Waals surface area contributed by atoms with Crippen LogP contribution in [0.4, 0.5) is 5.69 Å². The monoisotopic (exact) mass is 538 g/mol. The molecule has 2 aromatic carbocycles. The van der Waals surface area contributed by atoms with Crippen molar-refractivity contribution in [2.45, 2.75) is 45.6 Å². The van der Waals surface area contributed by atoms with Gasteiger partial charge in [-0.15, -0.1) is 24.0 Å². The van der Waals surface area contributed by atoms with E-state index in [-0.39, 0.29) is 30.1 Å². The van der Waals surface area contributed by atoms with Gasteiger partial charge in [-0.2, -0.15) is 0 Å². The van der Waals surface area contributed by atoms with Crippen LogP contribution in [0.2, 0.25) is 0 Å². The van der Waals surface area contributed by atoms with E-state index < -0.39 is 0 Å². The summed E-state index contributed by atoms with van der Waals surface area (Å²) in [6.07, 6.45) is 1.29. The van der Waals surface area contributed by atoms with Crippen LogP contribution in [-0.4, -0.2) is 45.4 Å². The van der Waals surface area contributed by atoms with Gasteiger partial charge in [-0.05, 0) is 43.5 Å². The first-order valence-corrected chi connectivity index (χ1v) is 10.6. The predicted molar refractivity (Wildman–Crippen MR) is 139 cm³/mol. The molecule has 3 rings (SSSR count). The number of para-hydroxylation sites is 2. The molecule has 1 aliphatic heterocycles. The Morgan fingerprint density at radius 1 is 1.16 bits per heavy atom. The first-order valence-electron chi connectivity index (χ1n) is 10.6. The Balaban J connectivity index is 0.00000341. The van der Waals surface area contributed by atoms with Crippen LogP contribution in [-0.2, 0) is 17.9 Å². The number of hydrogen-bond acceptors (Lipinski definition) is 4. The second kappa shape index (κ2) is 12.8. The molecule has 0 aromatic heterocycles. The Morgan fingerprint density at radius 3 is 2.68 bits per heavy atom. The second-order valence-corrected chi connectivity index (χ2v) is 7.85. The van der Waals surface area contributed by atoms with Gasteiger partial charge in [0.15, 0.2) is 5.96 Å². The highest BCUT2D eigenvalue weighted by molar-refractivity contribution is 14.0. The third kappa shape index (κ3) is 7.57. The van der Waals surface area contributed by atoms with Gasteiger partial charge in [0.25, 0.3) is 0 Å². The van der Waals surface area contributed by atoms with Crippen molar-refractivity contribution in [3.8, 4) is 5.75 Å². The van der Waals surface area contributed by atoms with E-state index in [1.807, 2.05) is 19.2 Å². The first-order chi connectivity index (χ1) is 14.6. The minimum absolute atomic E-state index is 0. The van der Waals surface area contributed by atoms with Crippen LogP contribution in [0.1, 0.15) is 31.4 Å². The highest BCUT2D eigenvalue weighted by atomic mass is 127. The molecule has 170 valence electrons. The number of aliphatic imine (C=N–C) groups is 1. The van der Waals surface area contributed by atoms with Crippen LogP contribution >= 0.6 is 24.0 Å². The molecule has 31 heavy (non-hydrogen) atoms. The van der Waals surface area contributed by atoms with Gasteiger partial charge in [-0.3, -0.25) is 4.99 Å². The van der Waals surface area contributed by atoms with Crippen LogP contribution < -0.4 is 20.3 Å². The summed E-state index contributed by atoms with van der Waals surface area (Å²) in [4.78, 5) is 6.77. The Labute approximate surface area is 203 Å². The summed E-state index contributed by atoms with van der Waals surface area (Å²) in [6.45, 7) is 7.38. The minimum Gasteiger partial charge on any atom is -0.495 e. The Kier molecular flexibility index (Phi) is 10.4. The fourth-order valence-corrected chi connectivity index (χ4v) is 3.65. The van der Waals surface area contributed by atoms with Gasteiger partial charge in [0.2, 0.25) is 0 Å². The molecule has 1 heterocycles. The maximum Gasteiger partial charge on any atom is 0.191 e. The standard InChI is InChI=1S/C24H34N4O2.HI/c1-18(2)30-17-20-9-7-8-19(14-20)15-26-24(25-3)27-21-12-13-28(16-21)22-10-5-6-11-23(22)29-4;/h5-11,14,18,21H,12-13,15-17H2,1-4H3,(H2,25,26,27);1H. The van der Waals surface area contributed by atoms with Crippen molar-refractivity contribution in [1.29, 1.82) is 0 Å². The van der Waals surface area contributed by atoms with Gasteiger partial charge in [0.1, 0.15) is 5.75 Å². The lowest BCUT2D eigenvalue weighted by atomic mass is 10.1. The highest BCUT2D eigenvalue weighted by Crippen LogP contribution is 2.30. The van der Waals surface area contributed by atoms with E-state index in [4.69, 9.17) is 9.47 Å². The van der Waals surface area contributed by atoms with Crippen molar-refractivity contribution in [2.75, 3.05) is 32.1 Å². The predicted octanol–water partition coefficient (Wildman–Crippen LogP) is 4.18. The van der Waals surface area contributed by atoms with E-state index in [9.17, 15) is 0 Å². The summed E-state index contributed by atoms with van der Waals surface area (Å²) >= 11 is 0. The number of methoxy groups -OCH3 is 1. The summed E-state index contributed by atoms with van der Waals surface area (Å²) in [7, 11) is 3.54. The maximum atomic E-state index is 5.71. The van der Waals surface area contributed by atoms with Crippen LogP contribution in [0.25, 0.3) is 0 Å². The molecule has 1 aliphatic rings. The second-order valence-electron chi connectivity index (χ2n) is 7.85. The lowest BCUT2D eigenvalue weighted by molar-refractivity contribution is 0.0657. The Bertz CT molecular complexity index is 844. The summed E-state index contributed by atoms with van der Waals surface area (Å²) < 4.78 is 11.2. The number of guanidine groups is 1. The molecule has 0 aliphatic carbocycles. The van der Waals surface area contributed by atoms with E-state index in [1.165, 1.54) is 11.1 Å². The molecule has 1 unspecified atom stereocenters. The molecule has 0 saturated carbocycles. The van der Waals surface area contributed by atoms with Crippen molar-refractivity contribution in [3.63, 3.8) is 0 Å². The van der Waals surface area contributed by atoms with Gasteiger partial charge >= 0.3 is 0 Å². The summed E-state index contributed by atoms with van der Waals surface area (Å²) in [5.74, 6) is 1.74. The maximum absolute atomic E-state index is 5.71. The van der Waals surface area contributed by atoms with Crippen molar-refractivity contribution in [1.82, 2.24) is 10.6 Å². The van der Waals surface area contributed by atoms with E-state index in [0.29, 0.717) is 12.6 Å². The molecular weight excluding hydrogens is 503 g/mol. The quantitative estimate of drug-likeness (QED) is 0.300. The molecule has 1 fully saturated rings. The average molecular weight is 538 g/mol. The van der Waals surface area contributed by atoms with E-state index in [2.05, 4.69) is 70.8 Å². The van der Waals surface area contributed by atoms with Gasteiger partial charge in [0, 0.05) is 32.7 Å². The number of hydrogen-bond donors (Lipinski definition) is 2. The smallest absolute Gasteiger partial charge is 0.191 e. The number of nitrogens with zero attached hydrogens (tertiary/aromatic N) is 2. The molecule has 1 saturated heterocycles. The van der Waals surface area contributed by atoms with E-state index in [1.54, 1.807) is 7.11 Å². The average Bonchev–Trinajstić information content (AvgIpc) is 3.23. The number of rotatable bonds is 8. The molecule has 0 spiro atoms. The van der Waals surface area contributed by atoms with Crippen LogP contribution in [0.3, 0.4) is 0 Å². The molecule has 1 atom stereocenters. The van der Waals surface area contributed by atoms with Crippen LogP contribution in [0.15, 0.2) is 53.5 Å². The minimum atomic E-state index is 0. The van der Waals surface area contributed by atoms with Crippen molar-refractivity contribution in [2.24, 2.45) is 4.99 Å². The third-order valence-corrected chi connectivity index (χ3v) is 5.21. The molecular formula is C24H35IN4O2. The normalized spacial score (nSPS) is 16.2. The summed E-state index contributed by atoms with van der Waals surface area (Å²) in [6, 6.07) is 17.0. The molecule has 7 heteroatoms. The largest absolute Gasteiger partial charge is 0.495 e. The van der Waals surface area contributed by atoms with E-state index >= 15 is 0 Å². The topological polar surface area (TPSA) is 58.1 Å². The number of halogens is 1.